The Bertz CT molecular complexity index is 3020. The highest BCUT2D eigenvalue weighted by molar-refractivity contribution is 6.17. The molecule has 0 saturated carbocycles. The van der Waals surface area contributed by atoms with Crippen molar-refractivity contribution in [2.75, 3.05) is 0 Å². The summed E-state index contributed by atoms with van der Waals surface area (Å²) in [7, 11) is 0. The van der Waals surface area contributed by atoms with Crippen molar-refractivity contribution in [3.63, 3.8) is 0 Å². The first kappa shape index (κ1) is 29.8. The van der Waals surface area contributed by atoms with Gasteiger partial charge in [-0.3, -0.25) is 0 Å². The Kier molecular flexibility index (Phi) is 6.23. The van der Waals surface area contributed by atoms with Gasteiger partial charge in [0.05, 0.1) is 11.0 Å². The van der Waals surface area contributed by atoms with Gasteiger partial charge in [-0.2, -0.15) is 0 Å². The molecule has 0 aliphatic heterocycles. The number of aromatic nitrogens is 4. The van der Waals surface area contributed by atoms with Crippen molar-refractivity contribution in [2.24, 2.45) is 0 Å². The molecule has 0 unspecified atom stereocenters. The number of fused-ring (bicyclic) bond motifs is 9. The van der Waals surface area contributed by atoms with E-state index in [1.807, 2.05) is 72.8 Å². The quantitative estimate of drug-likeness (QED) is 0.186. The van der Waals surface area contributed by atoms with Gasteiger partial charge in [-0.15, -0.1) is 0 Å². The highest BCUT2D eigenvalue weighted by atomic mass is 16.3. The molecule has 1 aliphatic rings. The average Bonchev–Trinajstić information content (AvgIpc) is 3.81. The van der Waals surface area contributed by atoms with Gasteiger partial charge in [0.15, 0.2) is 17.5 Å². The van der Waals surface area contributed by atoms with Crippen LogP contribution in [0.2, 0.25) is 0 Å². The first-order chi connectivity index (χ1) is 26.0. The van der Waals surface area contributed by atoms with E-state index < -0.39 is 0 Å². The van der Waals surface area contributed by atoms with E-state index in [0.29, 0.717) is 17.5 Å². The first-order valence-electron chi connectivity index (χ1n) is 18.0. The van der Waals surface area contributed by atoms with Crippen LogP contribution in [0, 0.1) is 0 Å². The Morgan fingerprint density at radius 3 is 1.81 bits per heavy atom. The van der Waals surface area contributed by atoms with Gasteiger partial charge in [-0.05, 0) is 70.8 Å². The number of furan rings is 1. The van der Waals surface area contributed by atoms with E-state index in [9.17, 15) is 0 Å². The summed E-state index contributed by atoms with van der Waals surface area (Å²) in [6, 6.07) is 55.4. The number of hydrogen-bond donors (Lipinski definition) is 0. The predicted molar refractivity (Wildman–Crippen MR) is 215 cm³/mol. The minimum Gasteiger partial charge on any atom is -0.456 e. The Balaban J connectivity index is 1.12. The van der Waals surface area contributed by atoms with E-state index in [1.165, 1.54) is 33.2 Å². The highest BCUT2D eigenvalue weighted by Crippen LogP contribution is 2.49. The lowest BCUT2D eigenvalue weighted by Gasteiger charge is -2.22. The summed E-state index contributed by atoms with van der Waals surface area (Å²) in [6.07, 6.45) is 0. The maximum atomic E-state index is 6.56. The molecule has 0 atom stereocenters. The molecule has 1 aliphatic carbocycles. The fourth-order valence-electron chi connectivity index (χ4n) is 8.42. The van der Waals surface area contributed by atoms with Gasteiger partial charge < -0.3 is 8.98 Å². The molecular weight excluding hydrogens is 649 g/mol. The molecule has 0 amide bonds. The van der Waals surface area contributed by atoms with Crippen LogP contribution in [-0.4, -0.2) is 19.5 Å². The van der Waals surface area contributed by atoms with Crippen molar-refractivity contribution < 1.29 is 4.42 Å². The molecule has 7 aromatic carbocycles. The monoisotopic (exact) mass is 680 g/mol. The number of para-hydroxylation sites is 1. The van der Waals surface area contributed by atoms with E-state index in [1.54, 1.807) is 0 Å². The number of rotatable bonds is 4. The second-order valence-corrected chi connectivity index (χ2v) is 14.5. The lowest BCUT2D eigenvalue weighted by molar-refractivity contribution is 0.660. The second kappa shape index (κ2) is 11.1. The summed E-state index contributed by atoms with van der Waals surface area (Å²) < 4.78 is 8.98. The summed E-state index contributed by atoms with van der Waals surface area (Å²) in [4.78, 5) is 14.9. The van der Waals surface area contributed by atoms with Gasteiger partial charge in [0.25, 0.3) is 0 Å². The molecule has 5 heteroatoms. The summed E-state index contributed by atoms with van der Waals surface area (Å²) in [5, 5.41) is 4.42. The molecule has 0 spiro atoms. The third-order valence-electron chi connectivity index (χ3n) is 11.0. The Labute approximate surface area is 305 Å². The molecule has 3 heterocycles. The predicted octanol–water partition coefficient (Wildman–Crippen LogP) is 12.2. The first-order valence-corrected chi connectivity index (χ1v) is 18.0. The lowest BCUT2D eigenvalue weighted by Crippen LogP contribution is -2.15. The molecule has 5 nitrogen and oxygen atoms in total. The molecular formula is C48H32N4O. The Hall–Kier alpha value is -6.85. The van der Waals surface area contributed by atoms with Crippen molar-refractivity contribution in [3.05, 3.63) is 169 Å². The number of benzene rings is 7. The molecule has 10 aromatic rings. The van der Waals surface area contributed by atoms with E-state index in [-0.39, 0.29) is 5.41 Å². The normalized spacial score (nSPS) is 13.2. The van der Waals surface area contributed by atoms with Gasteiger partial charge in [0.2, 0.25) is 0 Å². The largest absolute Gasteiger partial charge is 0.456 e. The van der Waals surface area contributed by atoms with Crippen molar-refractivity contribution in [3.8, 4) is 51.0 Å². The minimum atomic E-state index is -0.0963. The van der Waals surface area contributed by atoms with Crippen LogP contribution in [0.4, 0.5) is 0 Å². The van der Waals surface area contributed by atoms with E-state index in [0.717, 1.165) is 55.2 Å². The van der Waals surface area contributed by atoms with E-state index in [4.69, 9.17) is 19.4 Å². The zero-order chi connectivity index (χ0) is 35.3. The zero-order valence-electron chi connectivity index (χ0n) is 29.2. The molecule has 250 valence electrons. The van der Waals surface area contributed by atoms with Crippen molar-refractivity contribution >= 4 is 43.7 Å². The standard InChI is InChI=1S/C48H32N4O/c1-48(2)39-19-11-9-17-33(39)34-23-22-32(26-40(34)48)52-41-20-12-10-18-35(41)36-28-44-38(27-42(36)52)37-25-31(21-24-43(37)53-44)47-50-45(29-13-5-3-6-14-29)49-46(51-47)30-15-7-4-8-16-30/h3-28H,1-2H3. The third-order valence-corrected chi connectivity index (χ3v) is 11.0. The smallest absolute Gasteiger partial charge is 0.164 e. The zero-order valence-corrected chi connectivity index (χ0v) is 29.2. The van der Waals surface area contributed by atoms with E-state index >= 15 is 0 Å². The summed E-state index contributed by atoms with van der Waals surface area (Å²) in [5.41, 5.74) is 13.2. The van der Waals surface area contributed by atoms with Crippen LogP contribution in [0.3, 0.4) is 0 Å². The van der Waals surface area contributed by atoms with Crippen molar-refractivity contribution in [1.29, 1.82) is 0 Å². The molecule has 0 N–H and O–H groups in total. The summed E-state index contributed by atoms with van der Waals surface area (Å²) in [6.45, 7) is 4.67. The summed E-state index contributed by atoms with van der Waals surface area (Å²) in [5.74, 6) is 1.89. The van der Waals surface area contributed by atoms with E-state index in [2.05, 4.69) is 103 Å². The average molecular weight is 681 g/mol. The lowest BCUT2D eigenvalue weighted by atomic mass is 9.82. The minimum absolute atomic E-state index is 0.0963. The molecule has 0 bridgehead atoms. The molecule has 53 heavy (non-hydrogen) atoms. The molecule has 0 fully saturated rings. The van der Waals surface area contributed by atoms with Gasteiger partial charge in [0, 0.05) is 49.3 Å². The fraction of sp³-hybridized carbons (Fsp3) is 0.0625. The van der Waals surface area contributed by atoms with Crippen molar-refractivity contribution in [1.82, 2.24) is 19.5 Å². The SMILES string of the molecule is CC1(C)c2ccccc2-c2ccc(-n3c4ccccc4c4cc5oc6ccc(-c7nc(-c8ccccc8)nc(-c8ccccc8)n7)cc6c5cc43)cc21. The van der Waals surface area contributed by atoms with Gasteiger partial charge >= 0.3 is 0 Å². The third kappa shape index (κ3) is 4.47. The molecule has 3 aromatic heterocycles. The molecule has 0 saturated heterocycles. The number of nitrogens with zero attached hydrogens (tertiary/aromatic N) is 4. The van der Waals surface area contributed by atoms with Gasteiger partial charge in [0.1, 0.15) is 11.2 Å². The fourth-order valence-corrected chi connectivity index (χ4v) is 8.42. The van der Waals surface area contributed by atoms with Crippen LogP contribution < -0.4 is 0 Å². The Morgan fingerprint density at radius 1 is 0.434 bits per heavy atom. The van der Waals surface area contributed by atoms with Gasteiger partial charge in [-0.1, -0.05) is 123 Å². The maximum Gasteiger partial charge on any atom is 0.164 e. The van der Waals surface area contributed by atoms with Crippen LogP contribution in [0.25, 0.3) is 94.7 Å². The molecule has 11 rings (SSSR count). The van der Waals surface area contributed by atoms with Crippen LogP contribution in [0.15, 0.2) is 162 Å². The van der Waals surface area contributed by atoms with Crippen LogP contribution in [-0.2, 0) is 5.41 Å². The van der Waals surface area contributed by atoms with Crippen LogP contribution >= 0.6 is 0 Å². The van der Waals surface area contributed by atoms with Gasteiger partial charge in [-0.25, -0.2) is 15.0 Å². The van der Waals surface area contributed by atoms with Crippen LogP contribution in [0.5, 0.6) is 0 Å². The highest BCUT2D eigenvalue weighted by Gasteiger charge is 2.35. The summed E-state index contributed by atoms with van der Waals surface area (Å²) >= 11 is 0. The Morgan fingerprint density at radius 2 is 1.06 bits per heavy atom. The maximum absolute atomic E-state index is 6.56. The molecule has 0 radical (unpaired) electrons. The number of hydrogen-bond acceptors (Lipinski definition) is 4. The van der Waals surface area contributed by atoms with Crippen molar-refractivity contribution in [2.45, 2.75) is 19.3 Å². The topological polar surface area (TPSA) is 56.7 Å². The van der Waals surface area contributed by atoms with Crippen LogP contribution in [0.1, 0.15) is 25.0 Å². The second-order valence-electron chi connectivity index (χ2n) is 14.5.